The van der Waals surface area contributed by atoms with Gasteiger partial charge in [-0.25, -0.2) is 0 Å². The van der Waals surface area contributed by atoms with Crippen LogP contribution in [0, 0.1) is 0 Å². The lowest BCUT2D eigenvalue weighted by molar-refractivity contribution is -0.133. The molecule has 0 aliphatic carbocycles. The van der Waals surface area contributed by atoms with Gasteiger partial charge in [0.25, 0.3) is 0 Å². The molecule has 0 bridgehead atoms. The van der Waals surface area contributed by atoms with E-state index in [2.05, 4.69) is 28.2 Å². The lowest BCUT2D eigenvalue weighted by atomic mass is 10.1. The van der Waals surface area contributed by atoms with E-state index in [1.54, 1.807) is 0 Å². The average molecular weight is 297 g/mol. The van der Waals surface area contributed by atoms with E-state index < -0.39 is 0 Å². The van der Waals surface area contributed by atoms with E-state index in [-0.39, 0.29) is 5.91 Å². The number of hydrogen-bond donors (Lipinski definition) is 1. The van der Waals surface area contributed by atoms with Gasteiger partial charge in [0.1, 0.15) is 0 Å². The highest BCUT2D eigenvalue weighted by atomic mass is 79.9. The molecule has 0 spiro atoms. The van der Waals surface area contributed by atoms with Crippen molar-refractivity contribution < 1.29 is 4.79 Å². The van der Waals surface area contributed by atoms with Crippen molar-refractivity contribution >= 4 is 21.8 Å². The SMILES string of the molecule is CC1CNCCN1C(=O)Cc1ccccc1Br. The first-order valence-corrected chi connectivity index (χ1v) is 6.71. The molecule has 1 fully saturated rings. The number of benzene rings is 1. The number of hydrogen-bond acceptors (Lipinski definition) is 2. The smallest absolute Gasteiger partial charge is 0.227 e. The zero-order valence-electron chi connectivity index (χ0n) is 9.95. The van der Waals surface area contributed by atoms with E-state index in [1.165, 1.54) is 0 Å². The summed E-state index contributed by atoms with van der Waals surface area (Å²) in [6.07, 6.45) is 0.478. The first-order chi connectivity index (χ1) is 8.18. The van der Waals surface area contributed by atoms with Gasteiger partial charge in [-0.1, -0.05) is 34.1 Å². The molecule has 2 rings (SSSR count). The van der Waals surface area contributed by atoms with Crippen LogP contribution in [0.3, 0.4) is 0 Å². The second-order valence-corrected chi connectivity index (χ2v) is 5.26. The molecule has 1 amide bonds. The molecular formula is C13H17BrN2O. The number of nitrogens with one attached hydrogen (secondary N) is 1. The molecule has 0 aromatic heterocycles. The maximum Gasteiger partial charge on any atom is 0.227 e. The average Bonchev–Trinajstić information content (AvgIpc) is 2.32. The minimum atomic E-state index is 0.214. The van der Waals surface area contributed by atoms with Crippen LogP contribution in [0.15, 0.2) is 28.7 Å². The summed E-state index contributed by atoms with van der Waals surface area (Å²) in [4.78, 5) is 14.2. The third-order valence-corrected chi connectivity index (χ3v) is 3.89. The molecule has 17 heavy (non-hydrogen) atoms. The largest absolute Gasteiger partial charge is 0.337 e. The van der Waals surface area contributed by atoms with Crippen molar-refractivity contribution in [1.82, 2.24) is 10.2 Å². The molecule has 1 atom stereocenters. The Bertz CT molecular complexity index is 408. The van der Waals surface area contributed by atoms with Gasteiger partial charge in [0.15, 0.2) is 0 Å². The van der Waals surface area contributed by atoms with Gasteiger partial charge in [-0.15, -0.1) is 0 Å². The van der Waals surface area contributed by atoms with Crippen LogP contribution in [0.4, 0.5) is 0 Å². The minimum absolute atomic E-state index is 0.214. The highest BCUT2D eigenvalue weighted by molar-refractivity contribution is 9.10. The van der Waals surface area contributed by atoms with E-state index in [9.17, 15) is 4.79 Å². The zero-order chi connectivity index (χ0) is 12.3. The summed E-state index contributed by atoms with van der Waals surface area (Å²) in [7, 11) is 0. The van der Waals surface area contributed by atoms with Crippen molar-refractivity contribution in [1.29, 1.82) is 0 Å². The van der Waals surface area contributed by atoms with Crippen molar-refractivity contribution in [3.05, 3.63) is 34.3 Å². The molecule has 0 saturated carbocycles. The molecule has 92 valence electrons. The Hall–Kier alpha value is -0.870. The van der Waals surface area contributed by atoms with E-state index in [4.69, 9.17) is 0 Å². The topological polar surface area (TPSA) is 32.3 Å². The summed E-state index contributed by atoms with van der Waals surface area (Å²) in [6.45, 7) is 4.68. The Morgan fingerprint density at radius 1 is 1.53 bits per heavy atom. The third-order valence-electron chi connectivity index (χ3n) is 3.12. The maximum absolute atomic E-state index is 12.2. The lowest BCUT2D eigenvalue weighted by Crippen LogP contribution is -2.52. The number of halogens is 1. The van der Waals surface area contributed by atoms with Crippen LogP contribution in [0.2, 0.25) is 0 Å². The zero-order valence-corrected chi connectivity index (χ0v) is 11.5. The fourth-order valence-corrected chi connectivity index (χ4v) is 2.54. The van der Waals surface area contributed by atoms with E-state index in [0.717, 1.165) is 29.7 Å². The Morgan fingerprint density at radius 2 is 2.29 bits per heavy atom. The Labute approximate surface area is 110 Å². The van der Waals surface area contributed by atoms with Gasteiger partial charge in [0, 0.05) is 30.1 Å². The fourth-order valence-electron chi connectivity index (χ4n) is 2.12. The molecule has 3 nitrogen and oxygen atoms in total. The maximum atomic E-state index is 12.2. The number of carbonyl (C=O) groups is 1. The standard InChI is InChI=1S/C13H17BrN2O/c1-10-9-15-6-7-16(10)13(17)8-11-4-2-3-5-12(11)14/h2-5,10,15H,6-9H2,1H3. The summed E-state index contributed by atoms with van der Waals surface area (Å²) in [5.41, 5.74) is 1.06. The van der Waals surface area contributed by atoms with Gasteiger partial charge in [0.05, 0.1) is 6.42 Å². The monoisotopic (exact) mass is 296 g/mol. The van der Waals surface area contributed by atoms with Crippen molar-refractivity contribution in [2.75, 3.05) is 19.6 Å². The number of nitrogens with zero attached hydrogens (tertiary/aromatic N) is 1. The van der Waals surface area contributed by atoms with Crippen LogP contribution in [0.5, 0.6) is 0 Å². The summed E-state index contributed by atoms with van der Waals surface area (Å²) in [6, 6.07) is 8.19. The summed E-state index contributed by atoms with van der Waals surface area (Å²) >= 11 is 3.48. The van der Waals surface area contributed by atoms with Crippen LogP contribution in [0.1, 0.15) is 12.5 Å². The van der Waals surface area contributed by atoms with Crippen molar-refractivity contribution in [3.63, 3.8) is 0 Å². The molecule has 1 aromatic rings. The summed E-state index contributed by atoms with van der Waals surface area (Å²) < 4.78 is 1.01. The van der Waals surface area contributed by atoms with Crippen LogP contribution in [-0.4, -0.2) is 36.5 Å². The highest BCUT2D eigenvalue weighted by Gasteiger charge is 2.23. The fraction of sp³-hybridized carbons (Fsp3) is 0.462. The number of rotatable bonds is 2. The molecule has 1 aliphatic heterocycles. The molecular weight excluding hydrogens is 280 g/mol. The highest BCUT2D eigenvalue weighted by Crippen LogP contribution is 2.17. The first-order valence-electron chi connectivity index (χ1n) is 5.92. The summed E-state index contributed by atoms with van der Waals surface area (Å²) in [5.74, 6) is 0.214. The number of carbonyl (C=O) groups excluding carboxylic acids is 1. The minimum Gasteiger partial charge on any atom is -0.337 e. The lowest BCUT2D eigenvalue weighted by Gasteiger charge is -2.34. The van der Waals surface area contributed by atoms with Crippen LogP contribution in [0.25, 0.3) is 0 Å². The van der Waals surface area contributed by atoms with E-state index >= 15 is 0 Å². The normalized spacial score (nSPS) is 20.4. The Balaban J connectivity index is 2.03. The quantitative estimate of drug-likeness (QED) is 0.903. The van der Waals surface area contributed by atoms with Crippen molar-refractivity contribution in [2.45, 2.75) is 19.4 Å². The molecule has 1 N–H and O–H groups in total. The molecule has 4 heteroatoms. The summed E-state index contributed by atoms with van der Waals surface area (Å²) in [5, 5.41) is 3.29. The molecule has 1 aliphatic rings. The molecule has 1 aromatic carbocycles. The van der Waals surface area contributed by atoms with Gasteiger partial charge in [0.2, 0.25) is 5.91 Å². The van der Waals surface area contributed by atoms with Crippen molar-refractivity contribution in [2.24, 2.45) is 0 Å². The predicted molar refractivity (Wildman–Crippen MR) is 71.9 cm³/mol. The predicted octanol–water partition coefficient (Wildman–Crippen LogP) is 1.81. The first kappa shape index (κ1) is 12.6. The van der Waals surface area contributed by atoms with Crippen LogP contribution in [-0.2, 0) is 11.2 Å². The Morgan fingerprint density at radius 3 is 3.00 bits per heavy atom. The van der Waals surface area contributed by atoms with Gasteiger partial charge in [-0.2, -0.15) is 0 Å². The van der Waals surface area contributed by atoms with E-state index in [0.29, 0.717) is 12.5 Å². The van der Waals surface area contributed by atoms with E-state index in [1.807, 2.05) is 29.2 Å². The van der Waals surface area contributed by atoms with Crippen LogP contribution < -0.4 is 5.32 Å². The molecule has 1 unspecified atom stereocenters. The second kappa shape index (κ2) is 5.65. The number of piperazine rings is 1. The van der Waals surface area contributed by atoms with Gasteiger partial charge in [-0.05, 0) is 18.6 Å². The van der Waals surface area contributed by atoms with Crippen molar-refractivity contribution in [3.8, 4) is 0 Å². The third kappa shape index (κ3) is 3.07. The van der Waals surface area contributed by atoms with Crippen LogP contribution >= 0.6 is 15.9 Å². The molecule has 1 saturated heterocycles. The van der Waals surface area contributed by atoms with Gasteiger partial charge < -0.3 is 10.2 Å². The second-order valence-electron chi connectivity index (χ2n) is 4.41. The van der Waals surface area contributed by atoms with Gasteiger partial charge >= 0.3 is 0 Å². The Kier molecular flexibility index (Phi) is 4.18. The molecule has 1 heterocycles. The molecule has 0 radical (unpaired) electrons. The number of amides is 1. The van der Waals surface area contributed by atoms with Gasteiger partial charge in [-0.3, -0.25) is 4.79 Å².